The van der Waals surface area contributed by atoms with Crippen molar-refractivity contribution in [1.82, 2.24) is 5.32 Å². The Labute approximate surface area is 253 Å². The molecule has 1 atom stereocenters. The molecule has 4 aromatic carbocycles. The molecule has 0 heterocycles. The van der Waals surface area contributed by atoms with E-state index in [0.29, 0.717) is 28.4 Å². The highest BCUT2D eigenvalue weighted by Gasteiger charge is 2.19. The number of thioether (sulfide) groups is 1. The lowest BCUT2D eigenvalue weighted by Gasteiger charge is -2.16. The molecule has 0 saturated carbocycles. The van der Waals surface area contributed by atoms with Crippen molar-refractivity contribution in [2.45, 2.75) is 17.1 Å². The fraction of sp³-hybridized carbons (Fsp3) is 0.121. The molecule has 0 aliphatic carbocycles. The van der Waals surface area contributed by atoms with E-state index in [4.69, 9.17) is 9.47 Å². The normalized spacial score (nSPS) is 11.7. The van der Waals surface area contributed by atoms with Gasteiger partial charge in [-0.3, -0.25) is 14.4 Å². The van der Waals surface area contributed by atoms with Crippen molar-refractivity contribution >= 4 is 46.9 Å². The average molecular weight is 600 g/mol. The molecule has 0 aliphatic rings. The van der Waals surface area contributed by atoms with E-state index in [9.17, 15) is 18.8 Å². The van der Waals surface area contributed by atoms with E-state index in [0.717, 1.165) is 4.90 Å². The molecule has 0 aliphatic heterocycles. The lowest BCUT2D eigenvalue weighted by molar-refractivity contribution is -0.115. The van der Waals surface area contributed by atoms with Crippen LogP contribution < -0.4 is 25.4 Å². The van der Waals surface area contributed by atoms with Crippen LogP contribution in [0.3, 0.4) is 0 Å². The Morgan fingerprint density at radius 1 is 0.837 bits per heavy atom. The number of ether oxygens (including phenoxy) is 2. The summed E-state index contributed by atoms with van der Waals surface area (Å²) in [7, 11) is 3.05. The van der Waals surface area contributed by atoms with Gasteiger partial charge in [0.25, 0.3) is 11.8 Å². The van der Waals surface area contributed by atoms with Gasteiger partial charge in [0.05, 0.1) is 25.2 Å². The topological polar surface area (TPSA) is 106 Å². The summed E-state index contributed by atoms with van der Waals surface area (Å²) in [6.07, 6.45) is 1.28. The van der Waals surface area contributed by atoms with Crippen molar-refractivity contribution in [3.63, 3.8) is 0 Å². The number of carbonyl (C=O) groups is 3. The minimum Gasteiger partial charge on any atom is -0.497 e. The second-order valence-corrected chi connectivity index (χ2v) is 10.6. The van der Waals surface area contributed by atoms with Gasteiger partial charge in [0.15, 0.2) is 0 Å². The zero-order valence-corrected chi connectivity index (χ0v) is 24.5. The summed E-state index contributed by atoms with van der Waals surface area (Å²) < 4.78 is 25.0. The lowest BCUT2D eigenvalue weighted by Crippen LogP contribution is -2.30. The van der Waals surface area contributed by atoms with Crippen LogP contribution in [0.2, 0.25) is 0 Å². The van der Waals surface area contributed by atoms with E-state index in [1.54, 1.807) is 86.8 Å². The summed E-state index contributed by atoms with van der Waals surface area (Å²) in [5.74, 6) is -0.889. The monoisotopic (exact) mass is 599 g/mol. The van der Waals surface area contributed by atoms with Gasteiger partial charge in [0, 0.05) is 27.8 Å². The highest BCUT2D eigenvalue weighted by atomic mass is 32.2. The van der Waals surface area contributed by atoms with Gasteiger partial charge in [-0.2, -0.15) is 0 Å². The number of methoxy groups -OCH3 is 2. The molecular formula is C33H30FN3O5S. The number of rotatable bonds is 11. The highest BCUT2D eigenvalue weighted by molar-refractivity contribution is 8.00. The van der Waals surface area contributed by atoms with Gasteiger partial charge in [-0.25, -0.2) is 4.39 Å². The van der Waals surface area contributed by atoms with E-state index in [-0.39, 0.29) is 17.2 Å². The summed E-state index contributed by atoms with van der Waals surface area (Å²) in [6, 6.07) is 26.4. The molecule has 10 heteroatoms. The van der Waals surface area contributed by atoms with Crippen molar-refractivity contribution in [1.29, 1.82) is 0 Å². The molecule has 0 saturated heterocycles. The van der Waals surface area contributed by atoms with Crippen LogP contribution in [-0.2, 0) is 9.59 Å². The summed E-state index contributed by atoms with van der Waals surface area (Å²) in [4.78, 5) is 39.8. The van der Waals surface area contributed by atoms with Gasteiger partial charge in [-0.15, -0.1) is 11.8 Å². The van der Waals surface area contributed by atoms with E-state index in [1.165, 1.54) is 43.1 Å². The number of halogens is 1. The van der Waals surface area contributed by atoms with Gasteiger partial charge in [0.1, 0.15) is 23.0 Å². The van der Waals surface area contributed by atoms with Gasteiger partial charge >= 0.3 is 0 Å². The zero-order valence-electron chi connectivity index (χ0n) is 23.7. The van der Waals surface area contributed by atoms with Crippen LogP contribution in [0.4, 0.5) is 15.8 Å². The van der Waals surface area contributed by atoms with E-state index >= 15 is 0 Å². The first-order valence-electron chi connectivity index (χ1n) is 13.2. The summed E-state index contributed by atoms with van der Waals surface area (Å²) >= 11 is 1.29. The second-order valence-electron chi connectivity index (χ2n) is 9.20. The molecule has 3 N–H and O–H groups in total. The molecule has 0 radical (unpaired) electrons. The molecule has 3 amide bonds. The molecule has 0 spiro atoms. The van der Waals surface area contributed by atoms with Crippen molar-refractivity contribution in [3.05, 3.63) is 120 Å². The number of anilines is 2. The van der Waals surface area contributed by atoms with Crippen LogP contribution in [0, 0.1) is 5.82 Å². The third kappa shape index (κ3) is 8.46. The highest BCUT2D eigenvalue weighted by Crippen LogP contribution is 2.31. The van der Waals surface area contributed by atoms with Crippen molar-refractivity contribution in [2.75, 3.05) is 24.9 Å². The number of carbonyl (C=O) groups excluding carboxylic acids is 3. The summed E-state index contributed by atoms with van der Waals surface area (Å²) in [5.41, 5.74) is 1.27. The Kier molecular flexibility index (Phi) is 10.5. The zero-order chi connectivity index (χ0) is 30.8. The summed E-state index contributed by atoms with van der Waals surface area (Å²) in [6.45, 7) is 1.76. The van der Waals surface area contributed by atoms with Crippen molar-refractivity contribution in [2.24, 2.45) is 0 Å². The van der Waals surface area contributed by atoms with Gasteiger partial charge in [0.2, 0.25) is 5.91 Å². The maximum Gasteiger partial charge on any atom is 0.272 e. The molecule has 4 rings (SSSR count). The standard InChI is InChI=1S/C33H30FN3O5S/c1-21(31(38)36-28-17-16-25(41-2)20-30(28)42-3)43-26-14-9-13-24(19-26)35-33(40)29(18-23-12-7-8-15-27(23)34)37-32(39)22-10-5-4-6-11-22/h4-21H,1-3H3,(H,35,40)(H,36,38)(H,37,39)/b29-18-. The first kappa shape index (κ1) is 30.9. The first-order valence-corrected chi connectivity index (χ1v) is 14.1. The largest absolute Gasteiger partial charge is 0.497 e. The van der Waals surface area contributed by atoms with E-state index in [1.807, 2.05) is 6.07 Å². The van der Waals surface area contributed by atoms with Crippen LogP contribution >= 0.6 is 11.8 Å². The molecule has 4 aromatic rings. The summed E-state index contributed by atoms with van der Waals surface area (Å²) in [5, 5.41) is 7.72. The molecule has 220 valence electrons. The number of benzene rings is 4. The first-order chi connectivity index (χ1) is 20.8. The fourth-order valence-corrected chi connectivity index (χ4v) is 4.86. The van der Waals surface area contributed by atoms with E-state index < -0.39 is 22.9 Å². The van der Waals surface area contributed by atoms with Crippen LogP contribution in [-0.4, -0.2) is 37.2 Å². The van der Waals surface area contributed by atoms with E-state index in [2.05, 4.69) is 16.0 Å². The molecule has 0 bridgehead atoms. The third-order valence-electron chi connectivity index (χ3n) is 6.17. The van der Waals surface area contributed by atoms with Crippen molar-refractivity contribution < 1.29 is 28.2 Å². The maximum absolute atomic E-state index is 14.4. The van der Waals surface area contributed by atoms with Crippen LogP contribution in [0.1, 0.15) is 22.8 Å². The smallest absolute Gasteiger partial charge is 0.272 e. The minimum atomic E-state index is -0.646. The molecule has 43 heavy (non-hydrogen) atoms. The third-order valence-corrected chi connectivity index (χ3v) is 7.27. The molecular weight excluding hydrogens is 569 g/mol. The number of hydrogen-bond acceptors (Lipinski definition) is 6. The Balaban J connectivity index is 1.48. The number of hydrogen-bond donors (Lipinski definition) is 3. The lowest BCUT2D eigenvalue weighted by atomic mass is 10.1. The quantitative estimate of drug-likeness (QED) is 0.137. The molecule has 0 aromatic heterocycles. The molecule has 1 unspecified atom stereocenters. The van der Waals surface area contributed by atoms with Crippen molar-refractivity contribution in [3.8, 4) is 11.5 Å². The predicted octanol–water partition coefficient (Wildman–Crippen LogP) is 6.37. The Hall–Kier alpha value is -5.09. The van der Waals surface area contributed by atoms with Crippen LogP contribution in [0.15, 0.2) is 108 Å². The fourth-order valence-electron chi connectivity index (χ4n) is 3.93. The maximum atomic E-state index is 14.4. The van der Waals surface area contributed by atoms with Crippen LogP contribution in [0.5, 0.6) is 11.5 Å². The minimum absolute atomic E-state index is 0.138. The molecule has 8 nitrogen and oxygen atoms in total. The van der Waals surface area contributed by atoms with Gasteiger partial charge in [-0.05, 0) is 61.5 Å². The second kappa shape index (κ2) is 14.7. The predicted molar refractivity (Wildman–Crippen MR) is 167 cm³/mol. The van der Waals surface area contributed by atoms with Gasteiger partial charge in [-0.1, -0.05) is 42.5 Å². The Morgan fingerprint density at radius 2 is 1.58 bits per heavy atom. The average Bonchev–Trinajstić information content (AvgIpc) is 3.02. The van der Waals surface area contributed by atoms with Crippen LogP contribution in [0.25, 0.3) is 6.08 Å². The Morgan fingerprint density at radius 3 is 2.30 bits per heavy atom. The number of amides is 3. The molecule has 0 fully saturated rings. The Bertz CT molecular complexity index is 1640. The SMILES string of the molecule is COc1ccc(NC(=O)C(C)Sc2cccc(NC(=O)/C(=C/c3ccccc3F)NC(=O)c3ccccc3)c2)c(OC)c1. The van der Waals surface area contributed by atoms with Gasteiger partial charge < -0.3 is 25.4 Å². The number of nitrogens with one attached hydrogen (secondary N) is 3.